The van der Waals surface area contributed by atoms with E-state index in [1.165, 1.54) is 18.3 Å². The predicted molar refractivity (Wildman–Crippen MR) is 82.3 cm³/mol. The van der Waals surface area contributed by atoms with Crippen LogP contribution in [0.2, 0.25) is 0 Å². The molecular weight excluding hydrogens is 298 g/mol. The molecule has 0 aliphatic rings. The summed E-state index contributed by atoms with van der Waals surface area (Å²) < 4.78 is 0. The lowest BCUT2D eigenvalue weighted by atomic mass is 10.1. The number of hydrogen-bond acceptors (Lipinski definition) is 4. The molecule has 2 aromatic rings. The zero-order chi connectivity index (χ0) is 16.7. The van der Waals surface area contributed by atoms with Gasteiger partial charge < -0.3 is 15.7 Å². The van der Waals surface area contributed by atoms with E-state index in [2.05, 4.69) is 15.6 Å². The van der Waals surface area contributed by atoms with Crippen LogP contribution >= 0.6 is 0 Å². The van der Waals surface area contributed by atoms with Gasteiger partial charge in [-0.2, -0.15) is 0 Å². The number of carboxylic acids is 1. The molecule has 2 rings (SSSR count). The van der Waals surface area contributed by atoms with Crippen molar-refractivity contribution in [3.63, 3.8) is 0 Å². The number of nitrogens with zero attached hydrogens (tertiary/aromatic N) is 1. The lowest BCUT2D eigenvalue weighted by Crippen LogP contribution is -2.35. The number of rotatable bonds is 6. The molecule has 0 atom stereocenters. The molecule has 118 valence electrons. The van der Waals surface area contributed by atoms with E-state index in [1.807, 2.05) is 0 Å². The van der Waals surface area contributed by atoms with Crippen LogP contribution in [0.4, 0.5) is 0 Å². The van der Waals surface area contributed by atoms with Crippen LogP contribution in [-0.4, -0.2) is 41.0 Å². The Morgan fingerprint density at radius 2 is 1.57 bits per heavy atom. The molecule has 3 N–H and O–H groups in total. The van der Waals surface area contributed by atoms with E-state index in [1.54, 1.807) is 30.5 Å². The van der Waals surface area contributed by atoms with Gasteiger partial charge in [-0.15, -0.1) is 0 Å². The summed E-state index contributed by atoms with van der Waals surface area (Å²) in [5.74, 6) is -1.96. The highest BCUT2D eigenvalue weighted by atomic mass is 16.4. The van der Waals surface area contributed by atoms with Gasteiger partial charge in [-0.25, -0.2) is 4.79 Å². The van der Waals surface area contributed by atoms with Crippen LogP contribution in [-0.2, 0) is 0 Å². The van der Waals surface area contributed by atoms with Crippen LogP contribution in [0.25, 0.3) is 0 Å². The molecule has 1 aromatic carbocycles. The van der Waals surface area contributed by atoms with Crippen molar-refractivity contribution in [2.24, 2.45) is 0 Å². The molecule has 23 heavy (non-hydrogen) atoms. The fourth-order valence-corrected chi connectivity index (χ4v) is 1.91. The maximum Gasteiger partial charge on any atom is 0.336 e. The number of amides is 2. The number of carboxylic acid groups (broad SMARTS) is 1. The first-order chi connectivity index (χ1) is 11.1. The fraction of sp³-hybridized carbons (Fsp3) is 0.125. The number of hydrogen-bond donors (Lipinski definition) is 3. The quantitative estimate of drug-likeness (QED) is 0.688. The SMILES string of the molecule is O=C(NCCNC(=O)c1ccccc1C(=O)O)c1cccnc1. The Bertz CT molecular complexity index is 716. The second kappa shape index (κ2) is 7.69. The largest absolute Gasteiger partial charge is 0.478 e. The van der Waals surface area contributed by atoms with Crippen molar-refractivity contribution in [2.75, 3.05) is 13.1 Å². The minimum absolute atomic E-state index is 0.0654. The van der Waals surface area contributed by atoms with Crippen LogP contribution in [0.5, 0.6) is 0 Å². The second-order valence-corrected chi connectivity index (χ2v) is 4.60. The highest BCUT2D eigenvalue weighted by Gasteiger charge is 2.15. The standard InChI is InChI=1S/C16H15N3O4/c20-14(11-4-3-7-17-10-11)18-8-9-19-15(21)12-5-1-2-6-13(12)16(22)23/h1-7,10H,8-9H2,(H,18,20)(H,19,21)(H,22,23). The van der Waals surface area contributed by atoms with E-state index in [4.69, 9.17) is 5.11 Å². The van der Waals surface area contributed by atoms with Gasteiger partial charge in [0.05, 0.1) is 16.7 Å². The van der Waals surface area contributed by atoms with Crippen molar-refractivity contribution < 1.29 is 19.5 Å². The van der Waals surface area contributed by atoms with E-state index in [-0.39, 0.29) is 30.1 Å². The van der Waals surface area contributed by atoms with Gasteiger partial charge in [0.2, 0.25) is 0 Å². The summed E-state index contributed by atoms with van der Waals surface area (Å²) in [6.07, 6.45) is 3.01. The molecule has 0 aliphatic heterocycles. The Hall–Kier alpha value is -3.22. The van der Waals surface area contributed by atoms with E-state index < -0.39 is 11.9 Å². The van der Waals surface area contributed by atoms with Gasteiger partial charge >= 0.3 is 5.97 Å². The molecule has 0 aliphatic carbocycles. The van der Waals surface area contributed by atoms with Crippen LogP contribution in [0.3, 0.4) is 0 Å². The molecule has 0 unspecified atom stereocenters. The number of nitrogens with one attached hydrogen (secondary N) is 2. The van der Waals surface area contributed by atoms with E-state index in [9.17, 15) is 14.4 Å². The molecule has 1 aromatic heterocycles. The van der Waals surface area contributed by atoms with Gasteiger partial charge in [0.25, 0.3) is 11.8 Å². The van der Waals surface area contributed by atoms with E-state index in [0.29, 0.717) is 5.56 Å². The Labute approximate surface area is 132 Å². The molecule has 1 heterocycles. The summed E-state index contributed by atoms with van der Waals surface area (Å²) in [4.78, 5) is 38.7. The van der Waals surface area contributed by atoms with E-state index in [0.717, 1.165) is 0 Å². The van der Waals surface area contributed by atoms with Crippen LogP contribution in [0, 0.1) is 0 Å². The Morgan fingerprint density at radius 1 is 0.913 bits per heavy atom. The van der Waals surface area contributed by atoms with Crippen molar-refractivity contribution in [2.45, 2.75) is 0 Å². The van der Waals surface area contributed by atoms with Crippen LogP contribution in [0.1, 0.15) is 31.1 Å². The zero-order valence-electron chi connectivity index (χ0n) is 12.2. The van der Waals surface area contributed by atoms with Gasteiger partial charge in [0.15, 0.2) is 0 Å². The summed E-state index contributed by atoms with van der Waals surface area (Å²) in [7, 11) is 0. The lowest BCUT2D eigenvalue weighted by Gasteiger charge is -2.08. The summed E-state index contributed by atoms with van der Waals surface area (Å²) >= 11 is 0. The third-order valence-electron chi connectivity index (χ3n) is 3.02. The van der Waals surface area contributed by atoms with Crippen molar-refractivity contribution in [1.82, 2.24) is 15.6 Å². The maximum atomic E-state index is 12.0. The van der Waals surface area contributed by atoms with Gasteiger partial charge in [0, 0.05) is 25.5 Å². The van der Waals surface area contributed by atoms with Crippen molar-refractivity contribution in [1.29, 1.82) is 0 Å². The Balaban J connectivity index is 1.84. The van der Waals surface area contributed by atoms with Gasteiger partial charge in [0.1, 0.15) is 0 Å². The molecule has 0 saturated carbocycles. The van der Waals surface area contributed by atoms with Crippen LogP contribution in [0.15, 0.2) is 48.8 Å². The monoisotopic (exact) mass is 313 g/mol. The highest BCUT2D eigenvalue weighted by molar-refractivity contribution is 6.04. The third-order valence-corrected chi connectivity index (χ3v) is 3.02. The summed E-state index contributed by atoms with van der Waals surface area (Å²) in [6.45, 7) is 0.396. The molecule has 7 nitrogen and oxygen atoms in total. The topological polar surface area (TPSA) is 108 Å². The number of aromatic carboxylic acids is 1. The fourth-order valence-electron chi connectivity index (χ4n) is 1.91. The highest BCUT2D eigenvalue weighted by Crippen LogP contribution is 2.08. The Morgan fingerprint density at radius 3 is 2.17 bits per heavy atom. The van der Waals surface area contributed by atoms with Crippen molar-refractivity contribution >= 4 is 17.8 Å². The first-order valence-electron chi connectivity index (χ1n) is 6.88. The third kappa shape index (κ3) is 4.37. The summed E-state index contributed by atoms with van der Waals surface area (Å²) in [5.41, 5.74) is 0.443. The molecule has 0 spiro atoms. The minimum Gasteiger partial charge on any atom is -0.478 e. The van der Waals surface area contributed by atoms with Gasteiger partial charge in [-0.3, -0.25) is 14.6 Å². The van der Waals surface area contributed by atoms with Gasteiger partial charge in [-0.05, 0) is 24.3 Å². The van der Waals surface area contributed by atoms with Gasteiger partial charge in [-0.1, -0.05) is 12.1 Å². The number of pyridine rings is 1. The molecule has 2 amide bonds. The Kier molecular flexibility index (Phi) is 5.40. The van der Waals surface area contributed by atoms with Crippen molar-refractivity contribution in [3.05, 3.63) is 65.5 Å². The number of benzene rings is 1. The zero-order valence-corrected chi connectivity index (χ0v) is 12.2. The molecule has 7 heteroatoms. The minimum atomic E-state index is -1.17. The number of carbonyl (C=O) groups is 3. The molecule has 0 saturated heterocycles. The smallest absolute Gasteiger partial charge is 0.336 e. The number of aromatic nitrogens is 1. The van der Waals surface area contributed by atoms with E-state index >= 15 is 0 Å². The van der Waals surface area contributed by atoms with Crippen LogP contribution < -0.4 is 10.6 Å². The predicted octanol–water partition coefficient (Wildman–Crippen LogP) is 0.940. The average Bonchev–Trinajstić information content (AvgIpc) is 2.59. The second-order valence-electron chi connectivity index (χ2n) is 4.60. The molecule has 0 fully saturated rings. The normalized spacial score (nSPS) is 9.91. The maximum absolute atomic E-state index is 12.0. The summed E-state index contributed by atoms with van der Waals surface area (Å²) in [6, 6.07) is 9.22. The average molecular weight is 313 g/mol. The molecule has 0 bridgehead atoms. The first-order valence-corrected chi connectivity index (χ1v) is 6.88. The molecular formula is C16H15N3O4. The number of carbonyl (C=O) groups excluding carboxylic acids is 2. The first kappa shape index (κ1) is 16.2. The summed E-state index contributed by atoms with van der Waals surface area (Å²) in [5, 5.41) is 14.2. The van der Waals surface area contributed by atoms with Crippen molar-refractivity contribution in [3.8, 4) is 0 Å². The molecule has 0 radical (unpaired) electrons. The lowest BCUT2D eigenvalue weighted by molar-refractivity contribution is 0.0691.